The SMILES string of the molecule is COC(=O)c1cc2c([nH]c1=O)-c1ccccc1CCC2. The Labute approximate surface area is 116 Å². The topological polar surface area (TPSA) is 59.2 Å². The van der Waals surface area contributed by atoms with Crippen LogP contribution in [0.3, 0.4) is 0 Å². The van der Waals surface area contributed by atoms with E-state index in [1.807, 2.05) is 18.2 Å². The van der Waals surface area contributed by atoms with Crippen molar-refractivity contribution in [2.24, 2.45) is 0 Å². The highest BCUT2D eigenvalue weighted by Gasteiger charge is 2.19. The summed E-state index contributed by atoms with van der Waals surface area (Å²) in [6.07, 6.45) is 2.81. The van der Waals surface area contributed by atoms with Crippen LogP contribution >= 0.6 is 0 Å². The molecule has 1 N–H and O–H groups in total. The predicted octanol–water partition coefficient (Wildman–Crippen LogP) is 2.32. The highest BCUT2D eigenvalue weighted by Crippen LogP contribution is 2.30. The van der Waals surface area contributed by atoms with Crippen LogP contribution in [0.4, 0.5) is 0 Å². The molecule has 4 heteroatoms. The molecular formula is C16H15NO3. The van der Waals surface area contributed by atoms with Crippen molar-refractivity contribution >= 4 is 5.97 Å². The van der Waals surface area contributed by atoms with Crippen molar-refractivity contribution in [3.8, 4) is 11.3 Å². The van der Waals surface area contributed by atoms with Gasteiger partial charge in [-0.2, -0.15) is 0 Å². The van der Waals surface area contributed by atoms with Crippen LogP contribution in [0.1, 0.15) is 27.9 Å². The second kappa shape index (κ2) is 4.96. The lowest BCUT2D eigenvalue weighted by atomic mass is 10.0. The first-order valence-corrected chi connectivity index (χ1v) is 6.63. The molecule has 0 saturated carbocycles. The first kappa shape index (κ1) is 12.7. The minimum Gasteiger partial charge on any atom is -0.465 e. The van der Waals surface area contributed by atoms with Crippen LogP contribution in [0.15, 0.2) is 35.1 Å². The van der Waals surface area contributed by atoms with Gasteiger partial charge in [0.15, 0.2) is 0 Å². The number of ether oxygens (including phenoxy) is 1. The molecular weight excluding hydrogens is 254 g/mol. The van der Waals surface area contributed by atoms with Gasteiger partial charge in [0.2, 0.25) is 0 Å². The quantitative estimate of drug-likeness (QED) is 0.808. The number of aromatic amines is 1. The molecule has 2 aromatic rings. The normalized spacial score (nSPS) is 13.1. The lowest BCUT2D eigenvalue weighted by Gasteiger charge is -2.10. The summed E-state index contributed by atoms with van der Waals surface area (Å²) in [6.45, 7) is 0. The second-order valence-corrected chi connectivity index (χ2v) is 4.91. The van der Waals surface area contributed by atoms with E-state index in [1.54, 1.807) is 6.07 Å². The van der Waals surface area contributed by atoms with Crippen LogP contribution in [0.2, 0.25) is 0 Å². The molecule has 1 aliphatic rings. The highest BCUT2D eigenvalue weighted by atomic mass is 16.5. The van der Waals surface area contributed by atoms with Crippen molar-refractivity contribution in [2.75, 3.05) is 7.11 Å². The minimum absolute atomic E-state index is 0.0747. The number of benzene rings is 1. The fraction of sp³-hybridized carbons (Fsp3) is 0.250. The van der Waals surface area contributed by atoms with E-state index in [-0.39, 0.29) is 5.56 Å². The number of pyridine rings is 1. The smallest absolute Gasteiger partial charge is 0.343 e. The van der Waals surface area contributed by atoms with Gasteiger partial charge in [-0.3, -0.25) is 4.79 Å². The lowest BCUT2D eigenvalue weighted by Crippen LogP contribution is -2.20. The number of methoxy groups -OCH3 is 1. The zero-order valence-corrected chi connectivity index (χ0v) is 11.2. The Hall–Kier alpha value is -2.36. The molecule has 3 rings (SSSR count). The standard InChI is InChI=1S/C16H15NO3/c1-20-16(19)13-9-11-7-4-6-10-5-2-3-8-12(10)14(11)17-15(13)18/h2-3,5,8-9H,4,6-7H2,1H3,(H,17,18). The number of hydrogen-bond donors (Lipinski definition) is 1. The van der Waals surface area contributed by atoms with E-state index >= 15 is 0 Å². The molecule has 0 bridgehead atoms. The van der Waals surface area contributed by atoms with Gasteiger partial charge in [-0.05, 0) is 36.5 Å². The van der Waals surface area contributed by atoms with Crippen LogP contribution in [-0.4, -0.2) is 18.1 Å². The van der Waals surface area contributed by atoms with E-state index in [2.05, 4.69) is 15.8 Å². The maximum Gasteiger partial charge on any atom is 0.343 e. The van der Waals surface area contributed by atoms with E-state index in [9.17, 15) is 9.59 Å². The van der Waals surface area contributed by atoms with E-state index in [4.69, 9.17) is 0 Å². The average Bonchev–Trinajstić information content (AvgIpc) is 2.65. The van der Waals surface area contributed by atoms with Gasteiger partial charge in [0.05, 0.1) is 12.8 Å². The lowest BCUT2D eigenvalue weighted by molar-refractivity contribution is 0.0598. The number of hydrogen-bond acceptors (Lipinski definition) is 3. The van der Waals surface area contributed by atoms with Gasteiger partial charge in [-0.25, -0.2) is 4.79 Å². The van der Waals surface area contributed by atoms with Gasteiger partial charge in [-0.15, -0.1) is 0 Å². The van der Waals surface area contributed by atoms with Crippen molar-refractivity contribution in [3.63, 3.8) is 0 Å². The number of aryl methyl sites for hydroxylation is 2. The number of H-pyrrole nitrogens is 1. The summed E-state index contributed by atoms with van der Waals surface area (Å²) in [6, 6.07) is 9.72. The fourth-order valence-corrected chi connectivity index (χ4v) is 2.72. The number of aromatic nitrogens is 1. The molecule has 102 valence electrons. The first-order valence-electron chi connectivity index (χ1n) is 6.63. The molecule has 0 radical (unpaired) electrons. The molecule has 1 aliphatic carbocycles. The molecule has 4 nitrogen and oxygen atoms in total. The van der Waals surface area contributed by atoms with Crippen LogP contribution in [0.5, 0.6) is 0 Å². The molecule has 0 amide bonds. The minimum atomic E-state index is -0.591. The maximum absolute atomic E-state index is 12.1. The Bertz CT molecular complexity index is 731. The molecule has 1 aromatic carbocycles. The van der Waals surface area contributed by atoms with Crippen molar-refractivity contribution in [2.45, 2.75) is 19.3 Å². The Kier molecular flexibility index (Phi) is 3.14. The summed E-state index contributed by atoms with van der Waals surface area (Å²) < 4.78 is 4.65. The van der Waals surface area contributed by atoms with Gasteiger partial charge in [0.25, 0.3) is 5.56 Å². The van der Waals surface area contributed by atoms with Crippen molar-refractivity contribution in [1.82, 2.24) is 4.98 Å². The highest BCUT2D eigenvalue weighted by molar-refractivity contribution is 5.89. The summed E-state index contributed by atoms with van der Waals surface area (Å²) in [4.78, 5) is 26.5. The molecule has 0 fully saturated rings. The number of rotatable bonds is 1. The van der Waals surface area contributed by atoms with E-state index in [0.29, 0.717) is 0 Å². The number of fused-ring (bicyclic) bond motifs is 3. The fourth-order valence-electron chi connectivity index (χ4n) is 2.72. The van der Waals surface area contributed by atoms with Crippen molar-refractivity contribution < 1.29 is 9.53 Å². The summed E-state index contributed by atoms with van der Waals surface area (Å²) in [5.74, 6) is -0.591. The average molecular weight is 269 g/mol. The Morgan fingerprint density at radius 1 is 1.20 bits per heavy atom. The molecule has 0 unspecified atom stereocenters. The molecule has 1 aromatic heterocycles. The molecule has 0 aliphatic heterocycles. The summed E-state index contributed by atoms with van der Waals surface area (Å²) in [5.41, 5.74) is 3.78. The summed E-state index contributed by atoms with van der Waals surface area (Å²) in [7, 11) is 1.28. The van der Waals surface area contributed by atoms with Crippen LogP contribution in [-0.2, 0) is 17.6 Å². The number of nitrogens with one attached hydrogen (secondary N) is 1. The van der Waals surface area contributed by atoms with Gasteiger partial charge >= 0.3 is 5.97 Å². The third kappa shape index (κ3) is 2.03. The van der Waals surface area contributed by atoms with Gasteiger partial charge in [0.1, 0.15) is 5.56 Å². The third-order valence-corrected chi connectivity index (χ3v) is 3.71. The Morgan fingerprint density at radius 2 is 1.95 bits per heavy atom. The van der Waals surface area contributed by atoms with E-state index in [1.165, 1.54) is 12.7 Å². The number of carbonyl (C=O) groups excluding carboxylic acids is 1. The largest absolute Gasteiger partial charge is 0.465 e. The summed E-state index contributed by atoms with van der Waals surface area (Å²) in [5, 5.41) is 0. The van der Waals surface area contributed by atoms with Gasteiger partial charge in [0, 0.05) is 5.56 Å². The predicted molar refractivity (Wildman–Crippen MR) is 75.9 cm³/mol. The second-order valence-electron chi connectivity index (χ2n) is 4.91. The van der Waals surface area contributed by atoms with Crippen molar-refractivity contribution in [1.29, 1.82) is 0 Å². The van der Waals surface area contributed by atoms with Crippen LogP contribution < -0.4 is 5.56 Å². The van der Waals surface area contributed by atoms with Gasteiger partial charge < -0.3 is 9.72 Å². The van der Waals surface area contributed by atoms with Crippen LogP contribution in [0, 0.1) is 0 Å². The van der Waals surface area contributed by atoms with Crippen molar-refractivity contribution in [3.05, 3.63) is 57.4 Å². The zero-order chi connectivity index (χ0) is 14.1. The molecule has 1 heterocycles. The maximum atomic E-state index is 12.1. The number of esters is 1. The Morgan fingerprint density at radius 3 is 2.75 bits per heavy atom. The zero-order valence-electron chi connectivity index (χ0n) is 11.2. The molecule has 0 atom stereocenters. The van der Waals surface area contributed by atoms with Gasteiger partial charge in [-0.1, -0.05) is 24.3 Å². The Balaban J connectivity index is 2.23. The first-order chi connectivity index (χ1) is 9.70. The molecule has 0 spiro atoms. The third-order valence-electron chi connectivity index (χ3n) is 3.71. The summed E-state index contributed by atoms with van der Waals surface area (Å²) >= 11 is 0. The van der Waals surface area contributed by atoms with E-state index < -0.39 is 11.5 Å². The number of carbonyl (C=O) groups is 1. The molecule has 20 heavy (non-hydrogen) atoms. The molecule has 0 saturated heterocycles. The van der Waals surface area contributed by atoms with Crippen LogP contribution in [0.25, 0.3) is 11.3 Å². The van der Waals surface area contributed by atoms with E-state index in [0.717, 1.165) is 36.1 Å². The monoisotopic (exact) mass is 269 g/mol.